The first-order valence-corrected chi connectivity index (χ1v) is 7.35. The summed E-state index contributed by atoms with van der Waals surface area (Å²) in [5, 5.41) is 0.515. The number of amides is 2. The third-order valence-electron chi connectivity index (χ3n) is 3.02. The second-order valence-corrected chi connectivity index (χ2v) is 6.80. The molecule has 0 atom stereocenters. The van der Waals surface area contributed by atoms with Crippen molar-refractivity contribution in [2.24, 2.45) is 0 Å². The van der Waals surface area contributed by atoms with Gasteiger partial charge in [0.05, 0.1) is 11.2 Å². The van der Waals surface area contributed by atoms with Crippen LogP contribution in [0.1, 0.15) is 53.9 Å². The Morgan fingerprint density at radius 3 is 2.09 bits per heavy atom. The van der Waals surface area contributed by atoms with E-state index < -0.39 is 23.4 Å². The maximum atomic E-state index is 11.6. The van der Waals surface area contributed by atoms with E-state index in [4.69, 9.17) is 14.3 Å². The molecule has 0 radical (unpaired) electrons. The van der Waals surface area contributed by atoms with Gasteiger partial charge in [0.25, 0.3) is 11.8 Å². The molecule has 0 unspecified atom stereocenters. The summed E-state index contributed by atoms with van der Waals surface area (Å²) >= 11 is 0. The first-order chi connectivity index (χ1) is 10.0. The molecule has 1 fully saturated rings. The number of ether oxygens (including phenoxy) is 2. The molecule has 0 aromatic carbocycles. The molecule has 0 saturated carbocycles. The molecule has 0 N–H and O–H groups in total. The van der Waals surface area contributed by atoms with Crippen molar-refractivity contribution in [1.29, 1.82) is 0 Å². The Morgan fingerprint density at radius 1 is 1.05 bits per heavy atom. The highest BCUT2D eigenvalue weighted by Crippen LogP contribution is 2.18. The van der Waals surface area contributed by atoms with Crippen LogP contribution in [0.5, 0.6) is 0 Å². The number of imide groups is 1. The van der Waals surface area contributed by atoms with Gasteiger partial charge in [0.15, 0.2) is 0 Å². The second-order valence-electron chi connectivity index (χ2n) is 6.80. The first-order valence-electron chi connectivity index (χ1n) is 7.35. The van der Waals surface area contributed by atoms with E-state index in [-0.39, 0.29) is 25.0 Å². The van der Waals surface area contributed by atoms with Gasteiger partial charge >= 0.3 is 5.97 Å². The van der Waals surface area contributed by atoms with Gasteiger partial charge in [-0.2, -0.15) is 0 Å². The van der Waals surface area contributed by atoms with Crippen LogP contribution < -0.4 is 0 Å². The fourth-order valence-corrected chi connectivity index (χ4v) is 1.72. The minimum atomic E-state index is -0.770. The van der Waals surface area contributed by atoms with Crippen LogP contribution in [0, 0.1) is 0 Å². The molecule has 0 spiro atoms. The minimum absolute atomic E-state index is 0.0720. The van der Waals surface area contributed by atoms with Gasteiger partial charge in [-0.3, -0.25) is 9.59 Å². The quantitative estimate of drug-likeness (QED) is 0.664. The van der Waals surface area contributed by atoms with Crippen LogP contribution in [0.2, 0.25) is 0 Å². The highest BCUT2D eigenvalue weighted by atomic mass is 16.7. The van der Waals surface area contributed by atoms with Crippen molar-refractivity contribution in [3.8, 4) is 0 Å². The first kappa shape index (κ1) is 18.6. The van der Waals surface area contributed by atoms with E-state index in [0.717, 1.165) is 0 Å². The predicted octanol–water partition coefficient (Wildman–Crippen LogP) is 1.59. The molecule has 2 amide bonds. The zero-order valence-corrected chi connectivity index (χ0v) is 13.9. The predicted molar refractivity (Wildman–Crippen MR) is 77.5 cm³/mol. The third-order valence-corrected chi connectivity index (χ3v) is 3.02. The van der Waals surface area contributed by atoms with Gasteiger partial charge in [-0.15, -0.1) is 5.06 Å². The van der Waals surface area contributed by atoms with Gasteiger partial charge in [0.2, 0.25) is 0 Å². The normalized spacial score (nSPS) is 16.3. The largest absolute Gasteiger partial charge is 0.376 e. The van der Waals surface area contributed by atoms with Crippen molar-refractivity contribution < 1.29 is 28.7 Å². The monoisotopic (exact) mass is 315 g/mol. The van der Waals surface area contributed by atoms with Crippen LogP contribution in [0.3, 0.4) is 0 Å². The summed E-state index contributed by atoms with van der Waals surface area (Å²) in [5.41, 5.74) is -0.811. The van der Waals surface area contributed by atoms with E-state index in [1.165, 1.54) is 0 Å². The molecule has 0 aromatic heterocycles. The molecule has 1 aliphatic rings. The van der Waals surface area contributed by atoms with Crippen LogP contribution in [0.25, 0.3) is 0 Å². The molecule has 126 valence electrons. The number of rotatable bonds is 7. The molecule has 7 heteroatoms. The van der Waals surface area contributed by atoms with Crippen LogP contribution in [-0.2, 0) is 28.7 Å². The fraction of sp³-hybridized carbons (Fsp3) is 0.800. The molecule has 1 rings (SSSR count). The lowest BCUT2D eigenvalue weighted by atomic mass is 10.1. The van der Waals surface area contributed by atoms with Crippen LogP contribution in [-0.4, -0.2) is 47.3 Å². The third kappa shape index (κ3) is 6.53. The van der Waals surface area contributed by atoms with E-state index in [2.05, 4.69) is 0 Å². The summed E-state index contributed by atoms with van der Waals surface area (Å²) in [6, 6.07) is 0. The molecular weight excluding hydrogens is 290 g/mol. The van der Waals surface area contributed by atoms with Crippen molar-refractivity contribution in [3.05, 3.63) is 0 Å². The molecule has 1 aliphatic heterocycles. The van der Waals surface area contributed by atoms with Crippen molar-refractivity contribution in [1.82, 2.24) is 5.06 Å². The SMILES string of the molecule is CC(C)(C)OCCC(C)(C)OCC(=O)ON1C(=O)CCC1=O. The molecule has 7 nitrogen and oxygen atoms in total. The molecule has 1 heterocycles. The van der Waals surface area contributed by atoms with Gasteiger partial charge in [-0.25, -0.2) is 4.79 Å². The lowest BCUT2D eigenvalue weighted by Gasteiger charge is -2.27. The van der Waals surface area contributed by atoms with Crippen molar-refractivity contribution in [3.63, 3.8) is 0 Å². The van der Waals surface area contributed by atoms with Crippen molar-refractivity contribution in [2.75, 3.05) is 13.2 Å². The molecule has 1 saturated heterocycles. The summed E-state index contributed by atoms with van der Waals surface area (Å²) in [7, 11) is 0. The molecule has 0 aliphatic carbocycles. The van der Waals surface area contributed by atoms with Gasteiger partial charge in [-0.1, -0.05) is 0 Å². The molecular formula is C15H25NO6. The van der Waals surface area contributed by atoms with Gasteiger partial charge in [-0.05, 0) is 41.0 Å². The summed E-state index contributed by atoms with van der Waals surface area (Å²) in [6.07, 6.45) is 0.740. The zero-order valence-electron chi connectivity index (χ0n) is 13.9. The maximum Gasteiger partial charge on any atom is 0.358 e. The number of hydrogen-bond acceptors (Lipinski definition) is 6. The van der Waals surface area contributed by atoms with Crippen molar-refractivity contribution >= 4 is 17.8 Å². The highest BCUT2D eigenvalue weighted by Gasteiger charge is 2.33. The zero-order chi connectivity index (χ0) is 17.0. The summed E-state index contributed by atoms with van der Waals surface area (Å²) in [6.45, 7) is 9.71. The van der Waals surface area contributed by atoms with E-state index >= 15 is 0 Å². The number of carbonyl (C=O) groups excluding carboxylic acids is 3. The summed E-state index contributed by atoms with van der Waals surface area (Å²) in [4.78, 5) is 39.0. The molecule has 0 aromatic rings. The van der Waals surface area contributed by atoms with Crippen molar-refractivity contribution in [2.45, 2.75) is 65.1 Å². The standard InChI is InChI=1S/C15H25NO6/c1-14(2,3)20-9-8-15(4,5)21-10-13(19)22-16-11(17)6-7-12(16)18/h6-10H2,1-5H3. The number of hydroxylamine groups is 2. The summed E-state index contributed by atoms with van der Waals surface area (Å²) in [5.74, 6) is -1.78. The second kappa shape index (κ2) is 7.19. The molecule has 0 bridgehead atoms. The lowest BCUT2D eigenvalue weighted by Crippen LogP contribution is -2.36. The Labute approximate surface area is 130 Å². The van der Waals surface area contributed by atoms with E-state index in [0.29, 0.717) is 18.1 Å². The number of hydrogen-bond donors (Lipinski definition) is 0. The van der Waals surface area contributed by atoms with Gasteiger partial charge in [0, 0.05) is 19.4 Å². The fourth-order valence-electron chi connectivity index (χ4n) is 1.72. The van der Waals surface area contributed by atoms with Crippen LogP contribution >= 0.6 is 0 Å². The van der Waals surface area contributed by atoms with E-state index in [1.807, 2.05) is 34.6 Å². The Hall–Kier alpha value is -1.47. The smallest absolute Gasteiger partial charge is 0.358 e. The van der Waals surface area contributed by atoms with Gasteiger partial charge in [0.1, 0.15) is 6.61 Å². The summed E-state index contributed by atoms with van der Waals surface area (Å²) < 4.78 is 11.1. The molecule has 22 heavy (non-hydrogen) atoms. The minimum Gasteiger partial charge on any atom is -0.376 e. The Balaban J connectivity index is 2.33. The van der Waals surface area contributed by atoms with E-state index in [1.54, 1.807) is 0 Å². The van der Waals surface area contributed by atoms with Gasteiger partial charge < -0.3 is 14.3 Å². The lowest BCUT2D eigenvalue weighted by molar-refractivity contribution is -0.203. The average Bonchev–Trinajstić information content (AvgIpc) is 2.66. The highest BCUT2D eigenvalue weighted by molar-refractivity contribution is 6.01. The Bertz CT molecular complexity index is 422. The Morgan fingerprint density at radius 2 is 1.59 bits per heavy atom. The number of carbonyl (C=O) groups is 3. The average molecular weight is 315 g/mol. The van der Waals surface area contributed by atoms with Crippen LogP contribution in [0.4, 0.5) is 0 Å². The number of nitrogens with zero attached hydrogens (tertiary/aromatic N) is 1. The maximum absolute atomic E-state index is 11.6. The van der Waals surface area contributed by atoms with Crippen LogP contribution in [0.15, 0.2) is 0 Å². The van der Waals surface area contributed by atoms with E-state index in [9.17, 15) is 14.4 Å². The topological polar surface area (TPSA) is 82.1 Å². The Kier molecular flexibility index (Phi) is 6.08.